The van der Waals surface area contributed by atoms with Crippen LogP contribution in [0.3, 0.4) is 0 Å². The van der Waals surface area contributed by atoms with Crippen molar-refractivity contribution in [3.63, 3.8) is 0 Å². The second kappa shape index (κ2) is 10.2. The van der Waals surface area contributed by atoms with Gasteiger partial charge in [0.15, 0.2) is 0 Å². The summed E-state index contributed by atoms with van der Waals surface area (Å²) in [6, 6.07) is 7.81. The van der Waals surface area contributed by atoms with Crippen molar-refractivity contribution in [3.8, 4) is 0 Å². The quantitative estimate of drug-likeness (QED) is 0.560. The molecule has 1 aliphatic rings. The molecule has 1 unspecified atom stereocenters. The molecule has 2 N–H and O–H groups in total. The third kappa shape index (κ3) is 5.78. The number of amides is 2. The first kappa shape index (κ1) is 24.5. The van der Waals surface area contributed by atoms with E-state index in [0.29, 0.717) is 23.0 Å². The number of aryl methyl sites for hydroxylation is 1. The van der Waals surface area contributed by atoms with Crippen LogP contribution >= 0.6 is 11.3 Å². The number of nitrogens with zero attached hydrogens (tertiary/aromatic N) is 1. The lowest BCUT2D eigenvalue weighted by molar-refractivity contribution is -0.117. The lowest BCUT2D eigenvalue weighted by Crippen LogP contribution is -2.33. The molecule has 1 aromatic carbocycles. The van der Waals surface area contributed by atoms with E-state index in [1.165, 1.54) is 4.88 Å². The van der Waals surface area contributed by atoms with Gasteiger partial charge in [0, 0.05) is 10.6 Å². The highest BCUT2D eigenvalue weighted by Gasteiger charge is 2.34. The van der Waals surface area contributed by atoms with E-state index in [1.54, 1.807) is 11.3 Å². The lowest BCUT2D eigenvalue weighted by atomic mass is 9.72. The van der Waals surface area contributed by atoms with E-state index in [-0.39, 0.29) is 17.2 Å². The van der Waals surface area contributed by atoms with Crippen molar-refractivity contribution in [2.45, 2.75) is 60.8 Å². The number of hydrogen-bond acceptors (Lipinski definition) is 4. The van der Waals surface area contributed by atoms with E-state index < -0.39 is 0 Å². The Morgan fingerprint density at radius 2 is 1.88 bits per heavy atom. The summed E-state index contributed by atoms with van der Waals surface area (Å²) in [4.78, 5) is 29.5. The van der Waals surface area contributed by atoms with E-state index >= 15 is 0 Å². The molecule has 3 rings (SSSR count). The number of carbonyl (C=O) groups is 2. The van der Waals surface area contributed by atoms with Gasteiger partial charge in [-0.15, -0.1) is 11.3 Å². The van der Waals surface area contributed by atoms with Crippen LogP contribution in [0.4, 0.5) is 10.7 Å². The summed E-state index contributed by atoms with van der Waals surface area (Å²) in [5, 5.41) is 6.82. The average Bonchev–Trinajstić information content (AvgIpc) is 3.08. The van der Waals surface area contributed by atoms with E-state index in [4.69, 9.17) is 0 Å². The van der Waals surface area contributed by atoms with Crippen LogP contribution in [0.1, 0.15) is 67.4 Å². The first-order chi connectivity index (χ1) is 15.1. The van der Waals surface area contributed by atoms with Crippen molar-refractivity contribution in [2.75, 3.05) is 30.3 Å². The molecule has 32 heavy (non-hydrogen) atoms. The van der Waals surface area contributed by atoms with Gasteiger partial charge in [-0.1, -0.05) is 46.8 Å². The summed E-state index contributed by atoms with van der Waals surface area (Å²) in [5.74, 6) is 0.366. The number of hydrogen-bond donors (Lipinski definition) is 2. The molecule has 1 aliphatic carbocycles. The van der Waals surface area contributed by atoms with Crippen molar-refractivity contribution < 1.29 is 9.59 Å². The van der Waals surface area contributed by atoms with Gasteiger partial charge < -0.3 is 10.6 Å². The van der Waals surface area contributed by atoms with Gasteiger partial charge in [0.1, 0.15) is 5.00 Å². The second-order valence-electron chi connectivity index (χ2n) is 9.85. The summed E-state index contributed by atoms with van der Waals surface area (Å²) in [7, 11) is 0. The van der Waals surface area contributed by atoms with E-state index in [9.17, 15) is 9.59 Å². The summed E-state index contributed by atoms with van der Waals surface area (Å²) in [5.41, 5.74) is 3.85. The SMILES string of the molecule is CCN(CC)CC(=O)Nc1sc2c(c1C(=O)Nc1cccc(C)c1)CCC(C(C)(C)C)C2. The maximum absolute atomic E-state index is 13.4. The average molecular weight is 456 g/mol. The third-order valence-electron chi connectivity index (χ3n) is 6.51. The molecule has 5 nitrogen and oxygen atoms in total. The number of rotatable bonds is 7. The molecule has 1 aromatic heterocycles. The molecule has 0 radical (unpaired) electrons. The highest BCUT2D eigenvalue weighted by Crippen LogP contribution is 2.44. The second-order valence-corrected chi connectivity index (χ2v) is 11.0. The van der Waals surface area contributed by atoms with Crippen molar-refractivity contribution in [2.24, 2.45) is 11.3 Å². The summed E-state index contributed by atoms with van der Waals surface area (Å²) in [6.07, 6.45) is 2.89. The molecule has 0 saturated carbocycles. The minimum absolute atomic E-state index is 0.0655. The molecule has 1 heterocycles. The van der Waals surface area contributed by atoms with Gasteiger partial charge in [0.25, 0.3) is 5.91 Å². The summed E-state index contributed by atoms with van der Waals surface area (Å²) >= 11 is 1.58. The fraction of sp³-hybridized carbons (Fsp3) is 0.538. The van der Waals surface area contributed by atoms with E-state index in [1.807, 2.05) is 45.0 Å². The van der Waals surface area contributed by atoms with Gasteiger partial charge in [-0.25, -0.2) is 0 Å². The standard InChI is InChI=1S/C26H37N3O2S/c1-7-29(8-2)16-22(30)28-25-23(24(31)27-19-11-9-10-17(3)14-19)20-13-12-18(26(4,5)6)15-21(20)32-25/h9-11,14,18H,7-8,12-13,15-16H2,1-6H3,(H,27,31)(H,28,30). The smallest absolute Gasteiger partial charge is 0.258 e. The van der Waals surface area contributed by atoms with Crippen molar-refractivity contribution in [1.82, 2.24) is 4.90 Å². The van der Waals surface area contributed by atoms with Crippen molar-refractivity contribution in [1.29, 1.82) is 0 Å². The lowest BCUT2D eigenvalue weighted by Gasteiger charge is -2.33. The van der Waals surface area contributed by atoms with Crippen LogP contribution in [-0.4, -0.2) is 36.3 Å². The number of benzene rings is 1. The van der Waals surface area contributed by atoms with Gasteiger partial charge in [-0.3, -0.25) is 14.5 Å². The molecule has 1 atom stereocenters. The number of fused-ring (bicyclic) bond motifs is 1. The number of nitrogens with one attached hydrogen (secondary N) is 2. The van der Waals surface area contributed by atoms with Gasteiger partial charge in [0.2, 0.25) is 5.91 Å². The highest BCUT2D eigenvalue weighted by atomic mass is 32.1. The molecule has 6 heteroatoms. The van der Waals surface area contributed by atoms with Crippen LogP contribution < -0.4 is 10.6 Å². The highest BCUT2D eigenvalue weighted by molar-refractivity contribution is 7.17. The molecule has 0 fully saturated rings. The fourth-order valence-corrected chi connectivity index (χ4v) is 5.73. The Balaban J connectivity index is 1.91. The number of carbonyl (C=O) groups excluding carboxylic acids is 2. The normalized spacial score (nSPS) is 16.0. The molecule has 0 saturated heterocycles. The van der Waals surface area contributed by atoms with Gasteiger partial charge in [-0.05, 0) is 73.9 Å². The van der Waals surface area contributed by atoms with E-state index in [2.05, 4.69) is 36.3 Å². The van der Waals surface area contributed by atoms with Crippen LogP contribution in [0, 0.1) is 18.3 Å². The molecule has 0 aliphatic heterocycles. The van der Waals surface area contributed by atoms with E-state index in [0.717, 1.165) is 49.2 Å². The molecular formula is C26H37N3O2S. The molecule has 2 aromatic rings. The number of thiophene rings is 1. The van der Waals surface area contributed by atoms with Crippen molar-refractivity contribution in [3.05, 3.63) is 45.8 Å². The van der Waals surface area contributed by atoms with Crippen LogP contribution in [0.5, 0.6) is 0 Å². The predicted octanol–water partition coefficient (Wildman–Crippen LogP) is 5.74. The monoisotopic (exact) mass is 455 g/mol. The first-order valence-corrected chi connectivity index (χ1v) is 12.5. The molecular weight excluding hydrogens is 418 g/mol. The topological polar surface area (TPSA) is 61.4 Å². The minimum Gasteiger partial charge on any atom is -0.322 e. The summed E-state index contributed by atoms with van der Waals surface area (Å²) in [6.45, 7) is 14.9. The molecule has 0 bridgehead atoms. The zero-order valence-corrected chi connectivity index (χ0v) is 21.1. The Morgan fingerprint density at radius 1 is 1.16 bits per heavy atom. The molecule has 174 valence electrons. The zero-order chi connectivity index (χ0) is 23.5. The minimum atomic E-state index is -0.138. The Labute approximate surface area is 196 Å². The van der Waals surface area contributed by atoms with Crippen LogP contribution in [-0.2, 0) is 17.6 Å². The maximum Gasteiger partial charge on any atom is 0.258 e. The third-order valence-corrected chi connectivity index (χ3v) is 7.68. The van der Waals surface area contributed by atoms with Gasteiger partial charge in [0.05, 0.1) is 12.1 Å². The Morgan fingerprint density at radius 3 is 2.50 bits per heavy atom. The number of anilines is 2. The van der Waals surface area contributed by atoms with Gasteiger partial charge in [-0.2, -0.15) is 0 Å². The number of likely N-dealkylation sites (N-methyl/N-ethyl adjacent to an activating group) is 1. The van der Waals surface area contributed by atoms with Crippen molar-refractivity contribution >= 4 is 33.8 Å². The Bertz CT molecular complexity index is 970. The molecule has 0 spiro atoms. The summed E-state index contributed by atoms with van der Waals surface area (Å²) < 4.78 is 0. The predicted molar refractivity (Wildman–Crippen MR) is 135 cm³/mol. The largest absolute Gasteiger partial charge is 0.322 e. The van der Waals surface area contributed by atoms with Crippen LogP contribution in [0.2, 0.25) is 0 Å². The Hall–Kier alpha value is -2.18. The van der Waals surface area contributed by atoms with Crippen LogP contribution in [0.15, 0.2) is 24.3 Å². The fourth-order valence-electron chi connectivity index (χ4n) is 4.39. The zero-order valence-electron chi connectivity index (χ0n) is 20.3. The van der Waals surface area contributed by atoms with Crippen LogP contribution in [0.25, 0.3) is 0 Å². The van der Waals surface area contributed by atoms with Gasteiger partial charge >= 0.3 is 0 Å². The first-order valence-electron chi connectivity index (χ1n) is 11.7. The maximum atomic E-state index is 13.4. The Kier molecular flexibility index (Phi) is 7.78. The molecule has 2 amide bonds.